The Bertz CT molecular complexity index is 550. The van der Waals surface area contributed by atoms with Gasteiger partial charge in [-0.1, -0.05) is 6.07 Å². The van der Waals surface area contributed by atoms with Gasteiger partial charge in [0.25, 0.3) is 5.91 Å². The molecule has 0 unspecified atom stereocenters. The Hall–Kier alpha value is -2.17. The van der Waals surface area contributed by atoms with E-state index in [2.05, 4.69) is 0 Å². The number of benzene rings is 1. The molecule has 1 N–H and O–H groups in total. The minimum absolute atomic E-state index is 0.146. The predicted molar refractivity (Wildman–Crippen MR) is 68.2 cm³/mol. The maximum atomic E-state index is 13.7. The van der Waals surface area contributed by atoms with Gasteiger partial charge in [0, 0.05) is 30.3 Å². The number of carbonyl (C=O) groups excluding carboxylic acids is 1. The van der Waals surface area contributed by atoms with Crippen LogP contribution in [0.3, 0.4) is 0 Å². The van der Waals surface area contributed by atoms with Crippen molar-refractivity contribution in [2.24, 2.45) is 0 Å². The number of rotatable bonds is 4. The molecule has 4 nitrogen and oxygen atoms in total. The summed E-state index contributed by atoms with van der Waals surface area (Å²) in [5.41, 5.74) is 0.424. The highest BCUT2D eigenvalue weighted by Crippen LogP contribution is 2.27. The lowest BCUT2D eigenvalue weighted by Crippen LogP contribution is -2.28. The molecule has 1 aliphatic carbocycles. The molecule has 0 aromatic heterocycles. The second-order valence-corrected chi connectivity index (χ2v) is 4.56. The molecule has 0 radical (unpaired) electrons. The normalized spacial score (nSPS) is 14.6. The molecule has 100 valence electrons. The van der Waals surface area contributed by atoms with Gasteiger partial charge in [0.15, 0.2) is 0 Å². The van der Waals surface area contributed by atoms with Crippen LogP contribution in [-0.4, -0.2) is 35.0 Å². The van der Waals surface area contributed by atoms with Gasteiger partial charge < -0.3 is 10.0 Å². The van der Waals surface area contributed by atoms with E-state index in [0.717, 1.165) is 31.1 Å². The zero-order valence-electron chi connectivity index (χ0n) is 10.5. The van der Waals surface area contributed by atoms with Gasteiger partial charge in [-0.15, -0.1) is 0 Å². The van der Waals surface area contributed by atoms with Crippen molar-refractivity contribution < 1.29 is 19.1 Å². The zero-order valence-corrected chi connectivity index (χ0v) is 10.5. The first-order valence-electron chi connectivity index (χ1n) is 5.97. The molecule has 1 aromatic rings. The standard InChI is InChI=1S/C14H14FNO3/c1-16(11-5-6-11)14(19)10-3-2-9(12(15)8-10)4-7-13(17)18/h2-4,7-8,11H,5-6H2,1H3,(H,17,18). The van der Waals surface area contributed by atoms with Crippen molar-refractivity contribution in [3.05, 3.63) is 41.2 Å². The number of amides is 1. The lowest BCUT2D eigenvalue weighted by atomic mass is 10.1. The summed E-state index contributed by atoms with van der Waals surface area (Å²) < 4.78 is 13.7. The van der Waals surface area contributed by atoms with Crippen LogP contribution in [0, 0.1) is 5.82 Å². The van der Waals surface area contributed by atoms with Crippen LogP contribution in [0.1, 0.15) is 28.8 Å². The Morgan fingerprint density at radius 1 is 1.42 bits per heavy atom. The van der Waals surface area contributed by atoms with Crippen molar-refractivity contribution in [3.8, 4) is 0 Å². The van der Waals surface area contributed by atoms with E-state index in [1.165, 1.54) is 12.1 Å². The average Bonchev–Trinajstić information content (AvgIpc) is 3.19. The number of carboxylic acid groups (broad SMARTS) is 1. The van der Waals surface area contributed by atoms with Crippen molar-refractivity contribution in [3.63, 3.8) is 0 Å². The van der Waals surface area contributed by atoms with Crippen LogP contribution in [0.15, 0.2) is 24.3 Å². The maximum Gasteiger partial charge on any atom is 0.328 e. The highest BCUT2D eigenvalue weighted by Gasteiger charge is 2.30. The fourth-order valence-electron chi connectivity index (χ4n) is 1.79. The lowest BCUT2D eigenvalue weighted by Gasteiger charge is -2.16. The predicted octanol–water partition coefficient (Wildman–Crippen LogP) is 2.16. The SMILES string of the molecule is CN(C(=O)c1ccc(C=CC(=O)O)c(F)c1)C1CC1. The molecule has 5 heteroatoms. The summed E-state index contributed by atoms with van der Waals surface area (Å²) in [6.07, 6.45) is 4.00. The highest BCUT2D eigenvalue weighted by atomic mass is 19.1. The van der Waals surface area contributed by atoms with Gasteiger partial charge in [-0.25, -0.2) is 9.18 Å². The minimum Gasteiger partial charge on any atom is -0.478 e. The Balaban J connectivity index is 2.18. The molecule has 1 aromatic carbocycles. The van der Waals surface area contributed by atoms with Crippen LogP contribution in [-0.2, 0) is 4.79 Å². The Morgan fingerprint density at radius 2 is 2.11 bits per heavy atom. The van der Waals surface area contributed by atoms with Crippen LogP contribution >= 0.6 is 0 Å². The third-order valence-electron chi connectivity index (χ3n) is 3.07. The first-order valence-corrected chi connectivity index (χ1v) is 5.97. The van der Waals surface area contributed by atoms with E-state index in [1.807, 2.05) is 0 Å². The van der Waals surface area contributed by atoms with Gasteiger partial charge in [0.1, 0.15) is 5.82 Å². The van der Waals surface area contributed by atoms with Crippen LogP contribution < -0.4 is 0 Å². The van der Waals surface area contributed by atoms with Crippen LogP contribution in [0.2, 0.25) is 0 Å². The summed E-state index contributed by atoms with van der Waals surface area (Å²) in [5, 5.41) is 8.48. The van der Waals surface area contributed by atoms with Crippen molar-refractivity contribution in [1.82, 2.24) is 4.90 Å². The zero-order chi connectivity index (χ0) is 14.0. The van der Waals surface area contributed by atoms with Gasteiger partial charge in [-0.2, -0.15) is 0 Å². The van der Waals surface area contributed by atoms with E-state index in [1.54, 1.807) is 11.9 Å². The summed E-state index contributed by atoms with van der Waals surface area (Å²) in [5.74, 6) is -1.96. The second-order valence-electron chi connectivity index (χ2n) is 4.56. The van der Waals surface area contributed by atoms with E-state index in [0.29, 0.717) is 0 Å². The largest absolute Gasteiger partial charge is 0.478 e. The van der Waals surface area contributed by atoms with E-state index in [4.69, 9.17) is 5.11 Å². The van der Waals surface area contributed by atoms with Crippen LogP contribution in [0.5, 0.6) is 0 Å². The fourth-order valence-corrected chi connectivity index (χ4v) is 1.79. The summed E-state index contributed by atoms with van der Waals surface area (Å²) in [4.78, 5) is 24.0. The van der Waals surface area contributed by atoms with Crippen molar-refractivity contribution in [2.45, 2.75) is 18.9 Å². The fraction of sp³-hybridized carbons (Fsp3) is 0.286. The summed E-state index contributed by atoms with van der Waals surface area (Å²) in [6, 6.07) is 4.32. The molecule has 1 fully saturated rings. The topological polar surface area (TPSA) is 57.6 Å². The second kappa shape index (κ2) is 5.22. The monoisotopic (exact) mass is 263 g/mol. The number of nitrogens with zero attached hydrogens (tertiary/aromatic N) is 1. The highest BCUT2D eigenvalue weighted by molar-refractivity contribution is 5.95. The Labute approximate surface area is 110 Å². The minimum atomic E-state index is -1.15. The van der Waals surface area contributed by atoms with Crippen LogP contribution in [0.4, 0.5) is 4.39 Å². The average molecular weight is 263 g/mol. The maximum absolute atomic E-state index is 13.7. The number of carbonyl (C=O) groups is 2. The number of aliphatic carboxylic acids is 1. The molecular weight excluding hydrogens is 249 g/mol. The van der Waals surface area contributed by atoms with Gasteiger partial charge in [-0.05, 0) is 31.1 Å². The molecular formula is C14H14FNO3. The first-order chi connectivity index (χ1) is 8.99. The van der Waals surface area contributed by atoms with Gasteiger partial charge in [-0.3, -0.25) is 4.79 Å². The third-order valence-corrected chi connectivity index (χ3v) is 3.07. The number of hydrogen-bond acceptors (Lipinski definition) is 2. The van der Waals surface area contributed by atoms with E-state index < -0.39 is 11.8 Å². The molecule has 1 amide bonds. The molecule has 2 rings (SSSR count). The molecule has 1 aliphatic rings. The molecule has 0 bridgehead atoms. The smallest absolute Gasteiger partial charge is 0.328 e. The van der Waals surface area contributed by atoms with Crippen LogP contribution in [0.25, 0.3) is 6.08 Å². The Morgan fingerprint density at radius 3 is 2.63 bits per heavy atom. The summed E-state index contributed by atoms with van der Waals surface area (Å²) >= 11 is 0. The van der Waals surface area contributed by atoms with E-state index in [-0.39, 0.29) is 23.1 Å². The molecule has 0 heterocycles. The van der Waals surface area contributed by atoms with Crippen molar-refractivity contribution in [2.75, 3.05) is 7.05 Å². The molecule has 0 aliphatic heterocycles. The number of carboxylic acids is 1. The molecule has 0 saturated heterocycles. The third kappa shape index (κ3) is 3.19. The van der Waals surface area contributed by atoms with Gasteiger partial charge >= 0.3 is 5.97 Å². The first kappa shape index (κ1) is 13.3. The molecule has 0 spiro atoms. The Kier molecular flexibility index (Phi) is 3.64. The van der Waals surface area contributed by atoms with E-state index >= 15 is 0 Å². The van der Waals surface area contributed by atoms with Crippen molar-refractivity contribution >= 4 is 18.0 Å². The molecule has 0 atom stereocenters. The summed E-state index contributed by atoms with van der Waals surface area (Å²) in [6.45, 7) is 0. The number of hydrogen-bond donors (Lipinski definition) is 1. The number of halogens is 1. The van der Waals surface area contributed by atoms with Gasteiger partial charge in [0.05, 0.1) is 0 Å². The van der Waals surface area contributed by atoms with Gasteiger partial charge in [0.2, 0.25) is 0 Å². The summed E-state index contributed by atoms with van der Waals surface area (Å²) in [7, 11) is 1.70. The molecule has 19 heavy (non-hydrogen) atoms. The van der Waals surface area contributed by atoms with Crippen molar-refractivity contribution in [1.29, 1.82) is 0 Å². The molecule has 1 saturated carbocycles. The van der Waals surface area contributed by atoms with E-state index in [9.17, 15) is 14.0 Å². The lowest BCUT2D eigenvalue weighted by molar-refractivity contribution is -0.131. The quantitative estimate of drug-likeness (QED) is 0.847.